The number of halogens is 1. The Balaban J connectivity index is 2.33. The van der Waals surface area contributed by atoms with Gasteiger partial charge in [-0.2, -0.15) is 0 Å². The Labute approximate surface area is 142 Å². The zero-order valence-electron chi connectivity index (χ0n) is 12.0. The summed E-state index contributed by atoms with van der Waals surface area (Å²) in [5.74, 6) is 1.09. The molecule has 112 valence electrons. The lowest BCUT2D eigenvalue weighted by molar-refractivity contribution is 0.922. The van der Waals surface area contributed by atoms with Crippen molar-refractivity contribution in [1.29, 1.82) is 5.41 Å². The summed E-state index contributed by atoms with van der Waals surface area (Å²) in [5.41, 5.74) is 8.90. The maximum absolute atomic E-state index is 7.91. The highest BCUT2D eigenvalue weighted by molar-refractivity contribution is 9.11. The summed E-state index contributed by atoms with van der Waals surface area (Å²) in [5, 5.41) is 10.0. The minimum atomic E-state index is 0.125. The second-order valence-electron chi connectivity index (χ2n) is 4.61. The topological polar surface area (TPSA) is 53.1 Å². The van der Waals surface area contributed by atoms with Gasteiger partial charge in [0.1, 0.15) is 5.84 Å². The molecule has 0 amide bonds. The molecular weight excluding hydrogens is 366 g/mol. The number of nitrogen functional groups attached to an aromatic ring is 1. The Morgan fingerprint density at radius 3 is 2.81 bits per heavy atom. The predicted octanol–water partition coefficient (Wildman–Crippen LogP) is 4.54. The Bertz CT molecular complexity index is 640. The highest BCUT2D eigenvalue weighted by Gasteiger charge is 2.15. The van der Waals surface area contributed by atoms with Gasteiger partial charge in [0.05, 0.1) is 9.35 Å². The standard InChI is InChI=1S/C15H18BrN3S2/c1-3-20-12-6-4-5-11(14(12)15(17)18)19(2)8-10-7-13(16)21-9-10/h4-7,9H,3,8H2,1-2H3,(H3,17,18). The monoisotopic (exact) mass is 383 g/mol. The van der Waals surface area contributed by atoms with Crippen LogP contribution in [-0.2, 0) is 6.54 Å². The molecule has 0 spiro atoms. The molecule has 0 unspecified atom stereocenters. The molecule has 3 N–H and O–H groups in total. The van der Waals surface area contributed by atoms with Gasteiger partial charge in [-0.1, -0.05) is 13.0 Å². The smallest absolute Gasteiger partial charge is 0.126 e. The molecule has 0 fully saturated rings. The fourth-order valence-electron chi connectivity index (χ4n) is 2.17. The minimum absolute atomic E-state index is 0.125. The van der Waals surface area contributed by atoms with Gasteiger partial charge in [0.15, 0.2) is 0 Å². The second-order valence-corrected chi connectivity index (χ2v) is 8.21. The molecule has 2 rings (SSSR count). The predicted molar refractivity (Wildman–Crippen MR) is 98.0 cm³/mol. The molecule has 0 atom stereocenters. The third kappa shape index (κ3) is 4.02. The van der Waals surface area contributed by atoms with Crippen molar-refractivity contribution in [2.45, 2.75) is 18.4 Å². The Morgan fingerprint density at radius 1 is 1.48 bits per heavy atom. The van der Waals surface area contributed by atoms with Crippen LogP contribution in [0.2, 0.25) is 0 Å². The van der Waals surface area contributed by atoms with Crippen LogP contribution in [0.4, 0.5) is 5.69 Å². The van der Waals surface area contributed by atoms with Gasteiger partial charge in [0.25, 0.3) is 0 Å². The first-order valence-corrected chi connectivity index (χ1v) is 9.23. The van der Waals surface area contributed by atoms with Crippen molar-refractivity contribution in [2.24, 2.45) is 5.73 Å². The molecule has 0 aliphatic carbocycles. The number of thioether (sulfide) groups is 1. The number of amidine groups is 1. The molecule has 6 heteroatoms. The lowest BCUT2D eigenvalue weighted by Gasteiger charge is -2.23. The normalized spacial score (nSPS) is 10.6. The summed E-state index contributed by atoms with van der Waals surface area (Å²) in [6, 6.07) is 8.21. The molecule has 1 aromatic heterocycles. The molecule has 2 aromatic rings. The third-order valence-corrected chi connectivity index (χ3v) is 5.52. The summed E-state index contributed by atoms with van der Waals surface area (Å²) < 4.78 is 1.13. The Hall–Kier alpha value is -0.980. The number of nitrogens with one attached hydrogen (secondary N) is 1. The molecule has 0 radical (unpaired) electrons. The van der Waals surface area contributed by atoms with E-state index >= 15 is 0 Å². The lowest BCUT2D eigenvalue weighted by Crippen LogP contribution is -2.22. The van der Waals surface area contributed by atoms with E-state index in [1.165, 1.54) is 5.56 Å². The van der Waals surface area contributed by atoms with Gasteiger partial charge in [-0.15, -0.1) is 23.1 Å². The van der Waals surface area contributed by atoms with Crippen LogP contribution in [0.5, 0.6) is 0 Å². The van der Waals surface area contributed by atoms with Gasteiger partial charge in [-0.25, -0.2) is 0 Å². The molecule has 0 bridgehead atoms. The van der Waals surface area contributed by atoms with Crippen molar-refractivity contribution < 1.29 is 0 Å². The largest absolute Gasteiger partial charge is 0.384 e. The fraction of sp³-hybridized carbons (Fsp3) is 0.267. The van der Waals surface area contributed by atoms with Crippen molar-refractivity contribution in [3.63, 3.8) is 0 Å². The van der Waals surface area contributed by atoms with E-state index in [9.17, 15) is 0 Å². The van der Waals surface area contributed by atoms with Gasteiger partial charge in [-0.3, -0.25) is 5.41 Å². The molecular formula is C15H18BrN3S2. The van der Waals surface area contributed by atoms with E-state index in [4.69, 9.17) is 11.1 Å². The molecule has 0 aliphatic rings. The van der Waals surface area contributed by atoms with Crippen LogP contribution in [0.1, 0.15) is 18.1 Å². The molecule has 0 aliphatic heterocycles. The van der Waals surface area contributed by atoms with Crippen molar-refractivity contribution >= 4 is 50.6 Å². The van der Waals surface area contributed by atoms with Crippen molar-refractivity contribution in [3.8, 4) is 0 Å². The summed E-state index contributed by atoms with van der Waals surface area (Å²) in [6.07, 6.45) is 0. The van der Waals surface area contributed by atoms with E-state index in [2.05, 4.69) is 39.2 Å². The highest BCUT2D eigenvalue weighted by atomic mass is 79.9. The average Bonchev–Trinajstić information content (AvgIpc) is 2.84. The van der Waals surface area contributed by atoms with Crippen molar-refractivity contribution in [1.82, 2.24) is 0 Å². The average molecular weight is 384 g/mol. The molecule has 0 saturated carbocycles. The van der Waals surface area contributed by atoms with Gasteiger partial charge in [0.2, 0.25) is 0 Å². The van der Waals surface area contributed by atoms with E-state index in [0.29, 0.717) is 0 Å². The zero-order valence-corrected chi connectivity index (χ0v) is 15.2. The number of anilines is 1. The number of nitrogens with zero attached hydrogens (tertiary/aromatic N) is 1. The Kier molecular flexibility index (Phi) is 5.72. The van der Waals surface area contributed by atoms with Crippen LogP contribution in [0.25, 0.3) is 0 Å². The number of hydrogen-bond acceptors (Lipinski definition) is 4. The molecule has 21 heavy (non-hydrogen) atoms. The molecule has 3 nitrogen and oxygen atoms in total. The zero-order chi connectivity index (χ0) is 15.4. The van der Waals surface area contributed by atoms with Crippen LogP contribution in [0.15, 0.2) is 38.3 Å². The Morgan fingerprint density at radius 2 is 2.24 bits per heavy atom. The van der Waals surface area contributed by atoms with Crippen LogP contribution in [0.3, 0.4) is 0 Å². The summed E-state index contributed by atoms with van der Waals surface area (Å²) >= 11 is 6.89. The molecule has 1 heterocycles. The maximum Gasteiger partial charge on any atom is 0.126 e. The summed E-state index contributed by atoms with van der Waals surface area (Å²) in [7, 11) is 2.04. The van der Waals surface area contributed by atoms with Crippen LogP contribution in [0, 0.1) is 5.41 Å². The van der Waals surface area contributed by atoms with Crippen molar-refractivity contribution in [3.05, 3.63) is 44.6 Å². The van der Waals surface area contributed by atoms with E-state index in [-0.39, 0.29) is 5.84 Å². The van der Waals surface area contributed by atoms with E-state index in [1.807, 2.05) is 25.2 Å². The number of thiophene rings is 1. The van der Waals surface area contributed by atoms with Gasteiger partial charge >= 0.3 is 0 Å². The number of nitrogens with two attached hydrogens (primary N) is 1. The van der Waals surface area contributed by atoms with Crippen molar-refractivity contribution in [2.75, 3.05) is 17.7 Å². The lowest BCUT2D eigenvalue weighted by atomic mass is 10.1. The highest BCUT2D eigenvalue weighted by Crippen LogP contribution is 2.31. The van der Waals surface area contributed by atoms with Crippen LogP contribution >= 0.6 is 39.0 Å². The minimum Gasteiger partial charge on any atom is -0.384 e. The first kappa shape index (κ1) is 16.4. The van der Waals surface area contributed by atoms with E-state index in [0.717, 1.165) is 32.2 Å². The first-order chi connectivity index (χ1) is 10.0. The maximum atomic E-state index is 7.91. The number of hydrogen-bond donors (Lipinski definition) is 2. The van der Waals surface area contributed by atoms with Crippen LogP contribution < -0.4 is 10.6 Å². The second kappa shape index (κ2) is 7.33. The number of rotatable bonds is 6. The number of benzene rings is 1. The quantitative estimate of drug-likeness (QED) is 0.437. The SMILES string of the molecule is CCSc1cccc(N(C)Cc2csc(Br)c2)c1C(=N)N. The van der Waals surface area contributed by atoms with E-state index in [1.54, 1.807) is 23.1 Å². The molecule has 1 aromatic carbocycles. The summed E-state index contributed by atoms with van der Waals surface area (Å²) in [6.45, 7) is 2.90. The third-order valence-electron chi connectivity index (χ3n) is 3.03. The summed E-state index contributed by atoms with van der Waals surface area (Å²) in [4.78, 5) is 3.21. The van der Waals surface area contributed by atoms with Crippen LogP contribution in [-0.4, -0.2) is 18.6 Å². The van der Waals surface area contributed by atoms with E-state index < -0.39 is 0 Å². The van der Waals surface area contributed by atoms with Gasteiger partial charge < -0.3 is 10.6 Å². The first-order valence-electron chi connectivity index (χ1n) is 6.57. The van der Waals surface area contributed by atoms with Gasteiger partial charge in [0, 0.05) is 24.2 Å². The van der Waals surface area contributed by atoms with Gasteiger partial charge in [-0.05, 0) is 50.8 Å². The fourth-order valence-corrected chi connectivity index (χ4v) is 4.22. The molecule has 0 saturated heterocycles.